The van der Waals surface area contributed by atoms with E-state index in [4.69, 9.17) is 0 Å². The van der Waals surface area contributed by atoms with E-state index in [0.717, 1.165) is 30.4 Å². The molecule has 0 saturated heterocycles. The number of carbonyl (C=O) groups is 2. The zero-order chi connectivity index (χ0) is 12.7. The minimum absolute atomic E-state index is 0.0194. The first-order valence-corrected chi connectivity index (χ1v) is 7.45. The van der Waals surface area contributed by atoms with E-state index in [-0.39, 0.29) is 23.7 Å². The number of carbonyl (C=O) groups excluding carboxylic acids is 2. The molecule has 0 unspecified atom stereocenters. The molecule has 1 fully saturated rings. The van der Waals surface area contributed by atoms with Gasteiger partial charge in [0, 0.05) is 34.8 Å². The summed E-state index contributed by atoms with van der Waals surface area (Å²) in [7, 11) is 0. The number of Topliss-reactive ketones (excluding diaryl/α,β-unsaturated/α-hetero) is 2. The maximum absolute atomic E-state index is 12.9. The maximum Gasteiger partial charge on any atom is 0.164 e. The van der Waals surface area contributed by atoms with Crippen LogP contribution >= 0.6 is 0 Å². The average molecular weight is 252 g/mol. The van der Waals surface area contributed by atoms with Gasteiger partial charge in [-0.2, -0.15) is 0 Å². The molecule has 0 radical (unpaired) electrons. The SMILES string of the molecule is O=C1C2=C(C(=O)[C@H]3[C@@H]1[C@H]1C=C[C@@H]3C1)[C@H]1C=C[C@@H]2CC1. The van der Waals surface area contributed by atoms with E-state index < -0.39 is 0 Å². The van der Waals surface area contributed by atoms with Crippen LogP contribution in [0.3, 0.4) is 0 Å². The van der Waals surface area contributed by atoms with E-state index >= 15 is 0 Å². The van der Waals surface area contributed by atoms with Crippen LogP contribution in [0, 0.1) is 35.5 Å². The second kappa shape index (κ2) is 3.17. The maximum atomic E-state index is 12.9. The van der Waals surface area contributed by atoms with Crippen molar-refractivity contribution in [2.24, 2.45) is 35.5 Å². The molecule has 1 saturated carbocycles. The van der Waals surface area contributed by atoms with Crippen molar-refractivity contribution in [3.63, 3.8) is 0 Å². The first-order chi connectivity index (χ1) is 9.25. The summed E-state index contributed by atoms with van der Waals surface area (Å²) in [6.45, 7) is 0. The molecule has 0 spiro atoms. The Morgan fingerprint density at radius 3 is 1.63 bits per heavy atom. The molecule has 0 N–H and O–H groups in total. The smallest absolute Gasteiger partial charge is 0.164 e. The molecular formula is C17H16O2. The molecule has 0 aromatic rings. The molecule has 0 amide bonds. The van der Waals surface area contributed by atoms with Crippen molar-refractivity contribution in [2.75, 3.05) is 0 Å². The van der Waals surface area contributed by atoms with E-state index in [1.807, 2.05) is 0 Å². The zero-order valence-corrected chi connectivity index (χ0v) is 10.7. The van der Waals surface area contributed by atoms with E-state index in [1.54, 1.807) is 0 Å². The van der Waals surface area contributed by atoms with Crippen LogP contribution in [0.15, 0.2) is 35.5 Å². The van der Waals surface area contributed by atoms with Crippen molar-refractivity contribution in [1.82, 2.24) is 0 Å². The topological polar surface area (TPSA) is 34.1 Å². The van der Waals surface area contributed by atoms with Crippen LogP contribution in [0.2, 0.25) is 0 Å². The van der Waals surface area contributed by atoms with Crippen molar-refractivity contribution in [2.45, 2.75) is 19.3 Å². The summed E-state index contributed by atoms with van der Waals surface area (Å²) in [5.41, 5.74) is 1.82. The molecule has 2 nitrogen and oxygen atoms in total. The molecule has 19 heavy (non-hydrogen) atoms. The monoisotopic (exact) mass is 252 g/mol. The van der Waals surface area contributed by atoms with E-state index in [9.17, 15) is 9.59 Å². The largest absolute Gasteiger partial charge is 0.294 e. The molecule has 0 heterocycles. The first-order valence-electron chi connectivity index (χ1n) is 7.45. The summed E-state index contributed by atoms with van der Waals surface area (Å²) >= 11 is 0. The predicted molar refractivity (Wildman–Crippen MR) is 70.1 cm³/mol. The van der Waals surface area contributed by atoms with Crippen LogP contribution in [-0.4, -0.2) is 11.6 Å². The van der Waals surface area contributed by atoms with Crippen molar-refractivity contribution < 1.29 is 9.59 Å². The zero-order valence-electron chi connectivity index (χ0n) is 10.7. The third-order valence-corrected chi connectivity index (χ3v) is 5.99. The van der Waals surface area contributed by atoms with Gasteiger partial charge in [-0.3, -0.25) is 9.59 Å². The number of ketones is 2. The Labute approximate surface area is 112 Å². The van der Waals surface area contributed by atoms with Gasteiger partial charge in [0.2, 0.25) is 0 Å². The third kappa shape index (κ3) is 1.06. The van der Waals surface area contributed by atoms with Gasteiger partial charge in [0.15, 0.2) is 11.6 Å². The summed E-state index contributed by atoms with van der Waals surface area (Å²) in [5, 5.41) is 0. The van der Waals surface area contributed by atoms with E-state index in [0.29, 0.717) is 23.4 Å². The Kier molecular flexibility index (Phi) is 1.73. The van der Waals surface area contributed by atoms with Gasteiger partial charge in [-0.1, -0.05) is 24.3 Å². The van der Waals surface area contributed by atoms with E-state index in [1.165, 1.54) is 0 Å². The summed E-state index contributed by atoms with van der Waals surface area (Å²) in [6, 6.07) is 0. The summed E-state index contributed by atoms with van der Waals surface area (Å²) in [4.78, 5) is 25.8. The number of fused-ring (bicyclic) bond motifs is 6. The van der Waals surface area contributed by atoms with Crippen LogP contribution in [0.25, 0.3) is 0 Å². The van der Waals surface area contributed by atoms with Crippen LogP contribution < -0.4 is 0 Å². The fourth-order valence-electron chi connectivity index (χ4n) is 5.23. The van der Waals surface area contributed by atoms with Crippen LogP contribution in [-0.2, 0) is 9.59 Å². The van der Waals surface area contributed by atoms with E-state index in [2.05, 4.69) is 24.3 Å². The molecule has 0 aliphatic heterocycles. The molecule has 2 heteroatoms. The average Bonchev–Trinajstić information content (AvgIpc) is 3.06. The van der Waals surface area contributed by atoms with Gasteiger partial charge in [-0.25, -0.2) is 0 Å². The Morgan fingerprint density at radius 1 is 0.737 bits per heavy atom. The highest BCUT2D eigenvalue weighted by Gasteiger charge is 2.57. The predicted octanol–water partition coefficient (Wildman–Crippen LogP) is 2.47. The van der Waals surface area contributed by atoms with Gasteiger partial charge in [0.25, 0.3) is 0 Å². The number of hydrogen-bond acceptors (Lipinski definition) is 2. The second-order valence-corrected chi connectivity index (χ2v) is 6.73. The Balaban J connectivity index is 1.71. The van der Waals surface area contributed by atoms with Gasteiger partial charge in [0.05, 0.1) is 0 Å². The van der Waals surface area contributed by atoms with Gasteiger partial charge in [0.1, 0.15) is 0 Å². The molecular weight excluding hydrogens is 236 g/mol. The molecule has 96 valence electrons. The van der Waals surface area contributed by atoms with Crippen LogP contribution in [0.1, 0.15) is 19.3 Å². The second-order valence-electron chi connectivity index (χ2n) is 6.73. The molecule has 6 aliphatic rings. The van der Waals surface area contributed by atoms with Crippen molar-refractivity contribution in [3.05, 3.63) is 35.5 Å². The van der Waals surface area contributed by atoms with Gasteiger partial charge >= 0.3 is 0 Å². The van der Waals surface area contributed by atoms with Crippen molar-refractivity contribution in [3.8, 4) is 0 Å². The highest BCUT2D eigenvalue weighted by molar-refractivity contribution is 6.16. The van der Waals surface area contributed by atoms with Gasteiger partial charge in [-0.05, 0) is 31.1 Å². The van der Waals surface area contributed by atoms with Crippen molar-refractivity contribution >= 4 is 11.6 Å². The fraction of sp³-hybridized carbons (Fsp3) is 0.529. The Hall–Kier alpha value is -1.44. The molecule has 0 aromatic heterocycles. The number of allylic oxidation sites excluding steroid dienone is 6. The molecule has 6 rings (SSSR count). The molecule has 6 aliphatic carbocycles. The molecule has 6 atom stereocenters. The summed E-state index contributed by atoms with van der Waals surface area (Å²) in [6.07, 6.45) is 11.8. The number of hydrogen-bond donors (Lipinski definition) is 0. The first kappa shape index (κ1) is 10.4. The van der Waals surface area contributed by atoms with Gasteiger partial charge < -0.3 is 0 Å². The lowest BCUT2D eigenvalue weighted by molar-refractivity contribution is -0.132. The lowest BCUT2D eigenvalue weighted by Gasteiger charge is -2.42. The standard InChI is InChI=1S/C17H16O2/c18-16-12-8-1-2-9(4-3-8)13(12)17(19)15-11-6-5-10(7-11)14(15)16/h1-2,5-6,8-11,14-15H,3-4,7H2/t8-,9+,10+,11-,14+,15-. The lowest BCUT2D eigenvalue weighted by atomic mass is 9.59. The normalized spacial score (nSPS) is 49.1. The lowest BCUT2D eigenvalue weighted by Crippen LogP contribution is -2.45. The van der Waals surface area contributed by atoms with Crippen LogP contribution in [0.5, 0.6) is 0 Å². The minimum atomic E-state index is -0.0194. The molecule has 4 bridgehead atoms. The fourth-order valence-corrected chi connectivity index (χ4v) is 5.23. The minimum Gasteiger partial charge on any atom is -0.294 e. The Bertz CT molecular complexity index is 557. The summed E-state index contributed by atoms with van der Waals surface area (Å²) in [5.74, 6) is 1.74. The summed E-state index contributed by atoms with van der Waals surface area (Å²) < 4.78 is 0. The highest BCUT2D eigenvalue weighted by Crippen LogP contribution is 2.56. The van der Waals surface area contributed by atoms with Crippen LogP contribution in [0.4, 0.5) is 0 Å². The Morgan fingerprint density at radius 2 is 1.21 bits per heavy atom. The number of rotatable bonds is 0. The molecule has 0 aromatic carbocycles. The van der Waals surface area contributed by atoms with Gasteiger partial charge in [-0.15, -0.1) is 0 Å². The highest BCUT2D eigenvalue weighted by atomic mass is 16.1. The quantitative estimate of drug-likeness (QED) is 0.621. The third-order valence-electron chi connectivity index (χ3n) is 5.99. The van der Waals surface area contributed by atoms with Crippen molar-refractivity contribution in [1.29, 1.82) is 0 Å².